The molecule has 4 rings (SSSR count). The Morgan fingerprint density at radius 3 is 2.06 bits per heavy atom. The number of urea groups is 1. The maximum absolute atomic E-state index is 13.3. The molecule has 0 aliphatic carbocycles. The van der Waals surface area contributed by atoms with Crippen molar-refractivity contribution in [3.8, 4) is 11.5 Å². The fourth-order valence-corrected chi connectivity index (χ4v) is 5.27. The number of amides is 2. The predicted octanol–water partition coefficient (Wildman–Crippen LogP) is 4.49. The van der Waals surface area contributed by atoms with Gasteiger partial charge in [0.2, 0.25) is 0 Å². The van der Waals surface area contributed by atoms with Gasteiger partial charge in [-0.1, -0.05) is 0 Å². The number of hydrogen-bond donors (Lipinski definition) is 2. The number of fused-ring (bicyclic) bond motifs is 1. The van der Waals surface area contributed by atoms with Crippen LogP contribution < -0.4 is 24.4 Å². The van der Waals surface area contributed by atoms with Crippen molar-refractivity contribution in [1.29, 1.82) is 0 Å². The van der Waals surface area contributed by atoms with Gasteiger partial charge in [0.1, 0.15) is 11.5 Å². The quantitative estimate of drug-likeness (QED) is 0.557. The van der Waals surface area contributed by atoms with Crippen molar-refractivity contribution in [2.75, 3.05) is 35.7 Å². The first-order valence-electron chi connectivity index (χ1n) is 10.4. The molecule has 0 saturated carbocycles. The molecule has 2 N–H and O–H groups in total. The van der Waals surface area contributed by atoms with Gasteiger partial charge >= 0.3 is 6.03 Å². The molecule has 0 saturated heterocycles. The number of nitrogens with one attached hydrogen (secondary N) is 2. The van der Waals surface area contributed by atoms with Gasteiger partial charge in [-0.25, -0.2) is 13.2 Å². The summed E-state index contributed by atoms with van der Waals surface area (Å²) in [6.45, 7) is 0.395. The second-order valence-corrected chi connectivity index (χ2v) is 9.37. The molecule has 3 aromatic carbocycles. The summed E-state index contributed by atoms with van der Waals surface area (Å²) in [4.78, 5) is 12.6. The fourth-order valence-electron chi connectivity index (χ4n) is 3.73. The van der Waals surface area contributed by atoms with Gasteiger partial charge in [-0.15, -0.1) is 0 Å². The molecule has 1 aliphatic heterocycles. The van der Waals surface area contributed by atoms with Crippen LogP contribution in [0.5, 0.6) is 11.5 Å². The van der Waals surface area contributed by atoms with Crippen molar-refractivity contribution in [1.82, 2.24) is 0 Å². The molecule has 0 bridgehead atoms. The van der Waals surface area contributed by atoms with E-state index in [1.165, 1.54) is 11.4 Å². The van der Waals surface area contributed by atoms with Gasteiger partial charge in [-0.3, -0.25) is 4.31 Å². The Kier molecular flexibility index (Phi) is 6.41. The van der Waals surface area contributed by atoms with Crippen molar-refractivity contribution in [2.24, 2.45) is 0 Å². The highest BCUT2D eigenvalue weighted by Crippen LogP contribution is 2.34. The Bertz CT molecular complexity index is 1240. The SMILES string of the molecule is COc1ccc(NC(=O)Nc2ccc3c(c2)CCCN3S(=O)(=O)c2ccc(OC)cc2)cc1. The molecule has 9 heteroatoms. The van der Waals surface area contributed by atoms with Crippen LogP contribution >= 0.6 is 0 Å². The molecule has 0 radical (unpaired) electrons. The first kappa shape index (κ1) is 22.5. The number of ether oxygens (including phenoxy) is 2. The lowest BCUT2D eigenvalue weighted by Gasteiger charge is -2.31. The van der Waals surface area contributed by atoms with Crippen molar-refractivity contribution < 1.29 is 22.7 Å². The predicted molar refractivity (Wildman–Crippen MR) is 128 cm³/mol. The molecular formula is C24H25N3O5S. The van der Waals surface area contributed by atoms with Gasteiger partial charge in [-0.05, 0) is 85.1 Å². The van der Waals surface area contributed by atoms with Gasteiger partial charge in [0.25, 0.3) is 10.0 Å². The molecule has 172 valence electrons. The van der Waals surface area contributed by atoms with E-state index >= 15 is 0 Å². The van der Waals surface area contributed by atoms with E-state index < -0.39 is 16.1 Å². The van der Waals surface area contributed by atoms with Gasteiger partial charge in [0.05, 0.1) is 24.8 Å². The minimum absolute atomic E-state index is 0.206. The Balaban J connectivity index is 1.50. The summed E-state index contributed by atoms with van der Waals surface area (Å²) < 4.78 is 38.2. The van der Waals surface area contributed by atoms with Crippen LogP contribution in [-0.2, 0) is 16.4 Å². The largest absolute Gasteiger partial charge is 0.497 e. The molecule has 8 nitrogen and oxygen atoms in total. The topological polar surface area (TPSA) is 97.0 Å². The minimum Gasteiger partial charge on any atom is -0.497 e. The molecule has 0 atom stereocenters. The van der Waals surface area contributed by atoms with Crippen molar-refractivity contribution in [2.45, 2.75) is 17.7 Å². The first-order chi connectivity index (χ1) is 15.9. The lowest BCUT2D eigenvalue weighted by atomic mass is 10.0. The summed E-state index contributed by atoms with van der Waals surface area (Å²) in [6, 6.07) is 18.2. The van der Waals surface area contributed by atoms with Crippen LogP contribution in [0.15, 0.2) is 71.6 Å². The summed E-state index contributed by atoms with van der Waals surface area (Å²) in [5.41, 5.74) is 2.70. The molecule has 1 heterocycles. The van der Waals surface area contributed by atoms with E-state index in [9.17, 15) is 13.2 Å². The zero-order valence-corrected chi connectivity index (χ0v) is 19.2. The van der Waals surface area contributed by atoms with Crippen LogP contribution in [0.25, 0.3) is 0 Å². The van der Waals surface area contributed by atoms with Crippen LogP contribution in [0.2, 0.25) is 0 Å². The Hall–Kier alpha value is -3.72. The normalized spacial score (nSPS) is 13.1. The average molecular weight is 468 g/mol. The van der Waals surface area contributed by atoms with Crippen LogP contribution in [0, 0.1) is 0 Å². The standard InChI is InChI=1S/C24H25N3O5S/c1-31-20-8-5-18(6-9-20)25-24(28)26-19-7-14-23-17(16-19)4-3-15-27(23)33(29,30)22-12-10-21(32-2)11-13-22/h5-14,16H,3-4,15H2,1-2H3,(H2,25,26,28). The number of carbonyl (C=O) groups is 1. The maximum Gasteiger partial charge on any atom is 0.323 e. The third-order valence-electron chi connectivity index (χ3n) is 5.41. The van der Waals surface area contributed by atoms with Crippen molar-refractivity contribution in [3.05, 3.63) is 72.3 Å². The molecule has 3 aromatic rings. The second-order valence-electron chi connectivity index (χ2n) is 7.51. The highest BCUT2D eigenvalue weighted by atomic mass is 32.2. The third-order valence-corrected chi connectivity index (χ3v) is 7.24. The molecule has 33 heavy (non-hydrogen) atoms. The van der Waals surface area contributed by atoms with E-state index in [-0.39, 0.29) is 4.90 Å². The number of carbonyl (C=O) groups excluding carboxylic acids is 1. The number of methoxy groups -OCH3 is 2. The summed E-state index contributed by atoms with van der Waals surface area (Å²) in [7, 11) is -0.602. The molecule has 1 aliphatic rings. The monoisotopic (exact) mass is 467 g/mol. The smallest absolute Gasteiger partial charge is 0.323 e. The zero-order chi connectivity index (χ0) is 23.4. The van der Waals surface area contributed by atoms with E-state index in [0.29, 0.717) is 41.5 Å². The Morgan fingerprint density at radius 1 is 0.848 bits per heavy atom. The number of hydrogen-bond acceptors (Lipinski definition) is 5. The molecule has 0 aromatic heterocycles. The van der Waals surface area contributed by atoms with Gasteiger partial charge in [-0.2, -0.15) is 0 Å². The summed E-state index contributed by atoms with van der Waals surface area (Å²) >= 11 is 0. The Labute approximate surface area is 193 Å². The number of rotatable bonds is 6. The van der Waals surface area contributed by atoms with Gasteiger partial charge < -0.3 is 20.1 Å². The summed E-state index contributed by atoms with van der Waals surface area (Å²) in [5.74, 6) is 1.29. The van der Waals surface area contributed by atoms with Crippen molar-refractivity contribution in [3.63, 3.8) is 0 Å². The van der Waals surface area contributed by atoms with E-state index in [2.05, 4.69) is 10.6 Å². The van der Waals surface area contributed by atoms with Crippen LogP contribution in [0.1, 0.15) is 12.0 Å². The number of anilines is 3. The minimum atomic E-state index is -3.71. The van der Waals surface area contributed by atoms with Crippen molar-refractivity contribution >= 4 is 33.1 Å². The highest BCUT2D eigenvalue weighted by Gasteiger charge is 2.29. The van der Waals surface area contributed by atoms with E-state index in [1.54, 1.807) is 67.8 Å². The summed E-state index contributed by atoms with van der Waals surface area (Å²) in [6.07, 6.45) is 1.41. The molecule has 0 unspecified atom stereocenters. The van der Waals surface area contributed by atoms with Crippen LogP contribution in [0.4, 0.5) is 21.9 Å². The second kappa shape index (κ2) is 9.41. The van der Waals surface area contributed by atoms with Gasteiger partial charge in [0.15, 0.2) is 0 Å². The number of nitrogens with zero attached hydrogens (tertiary/aromatic N) is 1. The van der Waals surface area contributed by atoms with E-state index in [1.807, 2.05) is 6.07 Å². The Morgan fingerprint density at radius 2 is 1.42 bits per heavy atom. The molecule has 2 amide bonds. The third kappa shape index (κ3) is 4.88. The van der Waals surface area contributed by atoms with E-state index in [0.717, 1.165) is 12.0 Å². The van der Waals surface area contributed by atoms with Gasteiger partial charge in [0, 0.05) is 17.9 Å². The highest BCUT2D eigenvalue weighted by molar-refractivity contribution is 7.92. The zero-order valence-electron chi connectivity index (χ0n) is 18.4. The van der Waals surface area contributed by atoms with Crippen LogP contribution in [0.3, 0.4) is 0 Å². The molecule has 0 fully saturated rings. The lowest BCUT2D eigenvalue weighted by Crippen LogP contribution is -2.35. The number of aryl methyl sites for hydroxylation is 1. The molecular weight excluding hydrogens is 442 g/mol. The summed E-state index contributed by atoms with van der Waals surface area (Å²) in [5, 5.41) is 5.57. The maximum atomic E-state index is 13.3. The number of sulfonamides is 1. The first-order valence-corrected chi connectivity index (χ1v) is 11.9. The van der Waals surface area contributed by atoms with E-state index in [4.69, 9.17) is 9.47 Å². The average Bonchev–Trinajstić information content (AvgIpc) is 2.84. The van der Waals surface area contributed by atoms with Crippen LogP contribution in [-0.4, -0.2) is 35.2 Å². The fraction of sp³-hybridized carbons (Fsp3) is 0.208. The lowest BCUT2D eigenvalue weighted by molar-refractivity contribution is 0.262. The molecule has 0 spiro atoms. The number of benzene rings is 3.